The van der Waals surface area contributed by atoms with Crippen molar-refractivity contribution in [1.82, 2.24) is 15.8 Å². The summed E-state index contributed by atoms with van der Waals surface area (Å²) in [5.41, 5.74) is 8.28. The van der Waals surface area contributed by atoms with E-state index >= 15 is 0 Å². The molecular weight excluding hydrogens is 328 g/mol. The van der Waals surface area contributed by atoms with Crippen molar-refractivity contribution in [3.63, 3.8) is 0 Å². The van der Waals surface area contributed by atoms with Crippen LogP contribution in [0.15, 0.2) is 54.7 Å². The first-order valence-corrected chi connectivity index (χ1v) is 8.27. The molecule has 0 fully saturated rings. The fraction of sp³-hybridized carbons (Fsp3) is 0.150. The number of aryl methyl sites for hydroxylation is 1. The Hall–Kier alpha value is -3.59. The SMILES string of the molecule is N#Cc1ccc(CCC(=O)NNC(=O)Cc2c[nH]c3ccccc23)cc1. The van der Waals surface area contributed by atoms with Crippen molar-refractivity contribution in [2.24, 2.45) is 0 Å². The van der Waals surface area contributed by atoms with Gasteiger partial charge in [-0.25, -0.2) is 0 Å². The van der Waals surface area contributed by atoms with Crippen LogP contribution in [0.25, 0.3) is 10.9 Å². The van der Waals surface area contributed by atoms with Gasteiger partial charge in [-0.1, -0.05) is 30.3 Å². The van der Waals surface area contributed by atoms with Crippen molar-refractivity contribution in [3.8, 4) is 6.07 Å². The molecule has 0 atom stereocenters. The number of carbonyl (C=O) groups is 2. The molecule has 3 rings (SSSR count). The van der Waals surface area contributed by atoms with E-state index in [9.17, 15) is 9.59 Å². The van der Waals surface area contributed by atoms with Crippen LogP contribution < -0.4 is 10.9 Å². The molecule has 130 valence electrons. The first kappa shape index (κ1) is 17.2. The normalized spacial score (nSPS) is 10.3. The molecule has 0 aliphatic heterocycles. The lowest BCUT2D eigenvalue weighted by molar-refractivity contribution is -0.128. The largest absolute Gasteiger partial charge is 0.361 e. The number of H-pyrrole nitrogens is 1. The first-order valence-electron chi connectivity index (χ1n) is 8.27. The molecule has 6 heteroatoms. The highest BCUT2D eigenvalue weighted by Crippen LogP contribution is 2.17. The summed E-state index contributed by atoms with van der Waals surface area (Å²) in [6.07, 6.45) is 2.77. The number of nitriles is 1. The molecule has 2 amide bonds. The maximum Gasteiger partial charge on any atom is 0.242 e. The summed E-state index contributed by atoms with van der Waals surface area (Å²) < 4.78 is 0. The molecule has 0 radical (unpaired) electrons. The van der Waals surface area contributed by atoms with E-state index in [0.717, 1.165) is 22.0 Å². The Balaban J connectivity index is 1.45. The lowest BCUT2D eigenvalue weighted by Crippen LogP contribution is -2.42. The lowest BCUT2D eigenvalue weighted by Gasteiger charge is -2.07. The fourth-order valence-electron chi connectivity index (χ4n) is 2.70. The fourth-order valence-corrected chi connectivity index (χ4v) is 2.70. The van der Waals surface area contributed by atoms with Gasteiger partial charge in [0, 0.05) is 23.5 Å². The zero-order valence-corrected chi connectivity index (χ0v) is 14.1. The molecule has 0 bridgehead atoms. The summed E-state index contributed by atoms with van der Waals surface area (Å²) in [5.74, 6) is -0.539. The molecule has 6 nitrogen and oxygen atoms in total. The minimum atomic E-state index is -0.276. The summed E-state index contributed by atoms with van der Waals surface area (Å²) in [4.78, 5) is 27.0. The van der Waals surface area contributed by atoms with Crippen LogP contribution in [0.3, 0.4) is 0 Å². The summed E-state index contributed by atoms with van der Waals surface area (Å²) in [6.45, 7) is 0. The summed E-state index contributed by atoms with van der Waals surface area (Å²) in [7, 11) is 0. The number of carbonyl (C=O) groups excluding carboxylic acids is 2. The van der Waals surface area contributed by atoms with E-state index < -0.39 is 0 Å². The van der Waals surface area contributed by atoms with Gasteiger partial charge in [0.25, 0.3) is 0 Å². The number of benzene rings is 2. The van der Waals surface area contributed by atoms with Gasteiger partial charge in [0.1, 0.15) is 0 Å². The zero-order valence-electron chi connectivity index (χ0n) is 14.1. The third kappa shape index (κ3) is 4.28. The van der Waals surface area contributed by atoms with Crippen molar-refractivity contribution in [1.29, 1.82) is 5.26 Å². The molecule has 0 unspecified atom stereocenters. The minimum absolute atomic E-state index is 0.180. The van der Waals surface area contributed by atoms with Crippen LogP contribution in [0, 0.1) is 11.3 Å². The minimum Gasteiger partial charge on any atom is -0.361 e. The van der Waals surface area contributed by atoms with E-state index in [2.05, 4.69) is 21.9 Å². The summed E-state index contributed by atoms with van der Waals surface area (Å²) in [6, 6.07) is 16.9. The van der Waals surface area contributed by atoms with Crippen LogP contribution in [0.2, 0.25) is 0 Å². The van der Waals surface area contributed by atoms with Gasteiger partial charge in [0.2, 0.25) is 11.8 Å². The number of hydrazine groups is 1. The Morgan fingerprint density at radius 2 is 1.73 bits per heavy atom. The number of hydrogen-bond acceptors (Lipinski definition) is 3. The molecule has 0 saturated carbocycles. The highest BCUT2D eigenvalue weighted by molar-refractivity contribution is 5.89. The number of hydrogen-bond donors (Lipinski definition) is 3. The average Bonchev–Trinajstić information content (AvgIpc) is 3.08. The third-order valence-corrected chi connectivity index (χ3v) is 4.09. The van der Waals surface area contributed by atoms with E-state index in [4.69, 9.17) is 5.26 Å². The quantitative estimate of drug-likeness (QED) is 0.619. The molecular formula is C20H18N4O2. The van der Waals surface area contributed by atoms with Crippen LogP contribution in [-0.4, -0.2) is 16.8 Å². The number of para-hydroxylation sites is 1. The third-order valence-electron chi connectivity index (χ3n) is 4.09. The van der Waals surface area contributed by atoms with Crippen molar-refractivity contribution >= 4 is 22.7 Å². The van der Waals surface area contributed by atoms with Crippen molar-refractivity contribution in [2.45, 2.75) is 19.3 Å². The van der Waals surface area contributed by atoms with Crippen LogP contribution in [0.5, 0.6) is 0 Å². The van der Waals surface area contributed by atoms with Gasteiger partial charge < -0.3 is 4.98 Å². The van der Waals surface area contributed by atoms with Gasteiger partial charge in [-0.3, -0.25) is 20.4 Å². The Labute approximate surface area is 150 Å². The maximum absolute atomic E-state index is 12.0. The number of aromatic amines is 1. The van der Waals surface area contributed by atoms with Gasteiger partial charge in [-0.2, -0.15) is 5.26 Å². The molecule has 26 heavy (non-hydrogen) atoms. The number of nitrogens with zero attached hydrogens (tertiary/aromatic N) is 1. The molecule has 1 heterocycles. The first-order chi connectivity index (χ1) is 12.7. The monoisotopic (exact) mass is 346 g/mol. The van der Waals surface area contributed by atoms with E-state index in [1.807, 2.05) is 36.4 Å². The lowest BCUT2D eigenvalue weighted by atomic mass is 10.1. The van der Waals surface area contributed by atoms with Crippen molar-refractivity contribution < 1.29 is 9.59 Å². The van der Waals surface area contributed by atoms with Crippen LogP contribution in [-0.2, 0) is 22.4 Å². The summed E-state index contributed by atoms with van der Waals surface area (Å²) >= 11 is 0. The van der Waals surface area contributed by atoms with E-state index in [-0.39, 0.29) is 24.7 Å². The van der Waals surface area contributed by atoms with Crippen LogP contribution in [0.4, 0.5) is 0 Å². The predicted molar refractivity (Wildman–Crippen MR) is 97.8 cm³/mol. The second-order valence-electron chi connectivity index (χ2n) is 5.94. The molecule has 0 saturated heterocycles. The number of amides is 2. The Morgan fingerprint density at radius 3 is 2.50 bits per heavy atom. The van der Waals surface area contributed by atoms with E-state index in [1.54, 1.807) is 18.3 Å². The number of rotatable bonds is 5. The number of aromatic nitrogens is 1. The van der Waals surface area contributed by atoms with Crippen LogP contribution >= 0.6 is 0 Å². The van der Waals surface area contributed by atoms with Crippen LogP contribution in [0.1, 0.15) is 23.1 Å². The number of fused-ring (bicyclic) bond motifs is 1. The maximum atomic E-state index is 12.0. The molecule has 0 aliphatic rings. The van der Waals surface area contributed by atoms with Gasteiger partial charge >= 0.3 is 0 Å². The molecule has 0 spiro atoms. The Morgan fingerprint density at radius 1 is 1.00 bits per heavy atom. The zero-order chi connectivity index (χ0) is 18.4. The molecule has 3 N–H and O–H groups in total. The predicted octanol–water partition coefficient (Wildman–Crippen LogP) is 2.36. The highest BCUT2D eigenvalue weighted by Gasteiger charge is 2.09. The molecule has 2 aromatic carbocycles. The highest BCUT2D eigenvalue weighted by atomic mass is 16.2. The molecule has 3 aromatic rings. The van der Waals surface area contributed by atoms with Crippen molar-refractivity contribution in [2.75, 3.05) is 0 Å². The summed E-state index contributed by atoms with van der Waals surface area (Å²) in [5, 5.41) is 9.76. The Kier molecular flexibility index (Phi) is 5.30. The molecule has 0 aliphatic carbocycles. The number of nitrogens with one attached hydrogen (secondary N) is 3. The topological polar surface area (TPSA) is 97.8 Å². The standard InChI is InChI=1S/C20H18N4O2/c21-12-15-7-5-14(6-8-15)9-10-19(25)23-24-20(26)11-16-13-22-18-4-2-1-3-17(16)18/h1-8,13,22H,9-11H2,(H,23,25)(H,24,26). The van der Waals surface area contributed by atoms with Gasteiger partial charge in [0.05, 0.1) is 18.1 Å². The van der Waals surface area contributed by atoms with Gasteiger partial charge in [0.15, 0.2) is 0 Å². The smallest absolute Gasteiger partial charge is 0.242 e. The van der Waals surface area contributed by atoms with Crippen molar-refractivity contribution in [3.05, 3.63) is 71.4 Å². The van der Waals surface area contributed by atoms with E-state index in [0.29, 0.717) is 12.0 Å². The average molecular weight is 346 g/mol. The Bertz CT molecular complexity index is 967. The van der Waals surface area contributed by atoms with E-state index in [1.165, 1.54) is 0 Å². The molecule has 1 aromatic heterocycles. The van der Waals surface area contributed by atoms with Gasteiger partial charge in [-0.05, 0) is 35.7 Å². The van der Waals surface area contributed by atoms with Gasteiger partial charge in [-0.15, -0.1) is 0 Å². The second kappa shape index (κ2) is 7.99. The second-order valence-corrected chi connectivity index (χ2v) is 5.94.